The Labute approximate surface area is 90.4 Å². The van der Waals surface area contributed by atoms with Gasteiger partial charge in [-0.2, -0.15) is 0 Å². The number of nitrogens with zero attached hydrogens (tertiary/aromatic N) is 2. The topological polar surface area (TPSA) is 25.4 Å². The van der Waals surface area contributed by atoms with Crippen molar-refractivity contribution in [2.75, 3.05) is 20.2 Å². The molecule has 1 aromatic rings. The van der Waals surface area contributed by atoms with Gasteiger partial charge < -0.3 is 4.74 Å². The summed E-state index contributed by atoms with van der Waals surface area (Å²) in [5, 5.41) is 0. The highest BCUT2D eigenvalue weighted by molar-refractivity contribution is 5.42. The number of aromatic nitrogens is 1. The molecule has 1 saturated heterocycles. The first-order chi connectivity index (χ1) is 7.29. The van der Waals surface area contributed by atoms with E-state index in [1.807, 2.05) is 12.1 Å². The average molecular weight is 204 g/mol. The van der Waals surface area contributed by atoms with Crippen molar-refractivity contribution in [2.24, 2.45) is 0 Å². The first-order valence-corrected chi connectivity index (χ1v) is 5.21. The van der Waals surface area contributed by atoms with Gasteiger partial charge >= 0.3 is 0 Å². The van der Waals surface area contributed by atoms with Crippen LogP contribution in [-0.4, -0.2) is 36.1 Å². The summed E-state index contributed by atoms with van der Waals surface area (Å²) < 4.78 is 5.64. The Bertz CT molecular complexity index is 334. The van der Waals surface area contributed by atoms with Crippen LogP contribution >= 0.6 is 0 Å². The van der Waals surface area contributed by atoms with Crippen LogP contribution in [0.1, 0.15) is 12.1 Å². The Kier molecular flexibility index (Phi) is 3.02. The summed E-state index contributed by atoms with van der Waals surface area (Å²) in [6.07, 6.45) is 4.70. The molecule has 15 heavy (non-hydrogen) atoms. The predicted molar refractivity (Wildman–Crippen MR) is 60.9 cm³/mol. The molecule has 3 nitrogen and oxygen atoms in total. The number of rotatable bonds is 4. The molecule has 0 amide bonds. The van der Waals surface area contributed by atoms with E-state index in [9.17, 15) is 0 Å². The van der Waals surface area contributed by atoms with Crippen molar-refractivity contribution in [3.63, 3.8) is 0 Å². The van der Waals surface area contributed by atoms with E-state index in [1.54, 1.807) is 12.3 Å². The fourth-order valence-corrected chi connectivity index (χ4v) is 1.57. The Morgan fingerprint density at radius 2 is 2.53 bits per heavy atom. The molecule has 1 aromatic heterocycles. The molecule has 1 aliphatic heterocycles. The van der Waals surface area contributed by atoms with E-state index >= 15 is 0 Å². The third-order valence-electron chi connectivity index (χ3n) is 2.85. The van der Waals surface area contributed by atoms with Crippen LogP contribution in [0.5, 0.6) is 5.75 Å². The molecule has 1 aliphatic rings. The summed E-state index contributed by atoms with van der Waals surface area (Å²) in [7, 11) is 2.12. The SMILES string of the molecule is C=Cc1ccc(OC[C@@H]2CCN2C)cn1. The molecule has 0 aliphatic carbocycles. The fraction of sp³-hybridized carbons (Fsp3) is 0.417. The zero-order valence-electron chi connectivity index (χ0n) is 9.02. The van der Waals surface area contributed by atoms with E-state index in [0.717, 1.165) is 18.1 Å². The normalized spacial score (nSPS) is 20.7. The maximum atomic E-state index is 5.64. The van der Waals surface area contributed by atoms with E-state index in [0.29, 0.717) is 6.04 Å². The van der Waals surface area contributed by atoms with Crippen molar-refractivity contribution in [1.82, 2.24) is 9.88 Å². The Morgan fingerprint density at radius 1 is 1.67 bits per heavy atom. The second-order valence-corrected chi connectivity index (χ2v) is 3.86. The van der Waals surface area contributed by atoms with Gasteiger partial charge in [0.1, 0.15) is 12.4 Å². The number of hydrogen-bond acceptors (Lipinski definition) is 3. The van der Waals surface area contributed by atoms with E-state index < -0.39 is 0 Å². The van der Waals surface area contributed by atoms with Crippen LogP contribution in [0.3, 0.4) is 0 Å². The van der Waals surface area contributed by atoms with Crippen LogP contribution < -0.4 is 4.74 Å². The number of hydrogen-bond donors (Lipinski definition) is 0. The zero-order valence-corrected chi connectivity index (χ0v) is 9.02. The molecule has 3 heteroatoms. The molecule has 2 rings (SSSR count). The van der Waals surface area contributed by atoms with Gasteiger partial charge in [-0.15, -0.1) is 0 Å². The highest BCUT2D eigenvalue weighted by Gasteiger charge is 2.24. The molecule has 0 aromatic carbocycles. The lowest BCUT2D eigenvalue weighted by atomic mass is 10.1. The molecular formula is C12H16N2O. The van der Waals surface area contributed by atoms with E-state index in [2.05, 4.69) is 23.5 Å². The van der Waals surface area contributed by atoms with Gasteiger partial charge in [0.25, 0.3) is 0 Å². The summed E-state index contributed by atoms with van der Waals surface area (Å²) in [6.45, 7) is 5.59. The summed E-state index contributed by atoms with van der Waals surface area (Å²) >= 11 is 0. The molecule has 2 heterocycles. The van der Waals surface area contributed by atoms with Crippen LogP contribution in [0.25, 0.3) is 6.08 Å². The lowest BCUT2D eigenvalue weighted by molar-refractivity contribution is 0.0767. The minimum atomic E-state index is 0.573. The molecule has 1 fully saturated rings. The lowest BCUT2D eigenvalue weighted by Gasteiger charge is -2.37. The Hall–Kier alpha value is -1.35. The number of likely N-dealkylation sites (tertiary alicyclic amines) is 1. The monoisotopic (exact) mass is 204 g/mol. The van der Waals surface area contributed by atoms with Gasteiger partial charge in [0.05, 0.1) is 11.9 Å². The first kappa shape index (κ1) is 10.2. The van der Waals surface area contributed by atoms with E-state index in [-0.39, 0.29) is 0 Å². The predicted octanol–water partition coefficient (Wildman–Crippen LogP) is 1.81. The largest absolute Gasteiger partial charge is 0.490 e. The first-order valence-electron chi connectivity index (χ1n) is 5.21. The van der Waals surface area contributed by atoms with Crippen LogP contribution in [0.2, 0.25) is 0 Å². The summed E-state index contributed by atoms with van der Waals surface area (Å²) in [5.74, 6) is 0.834. The maximum absolute atomic E-state index is 5.64. The minimum Gasteiger partial charge on any atom is -0.490 e. The molecule has 0 N–H and O–H groups in total. The molecule has 80 valence electrons. The van der Waals surface area contributed by atoms with Gasteiger partial charge in [-0.25, -0.2) is 0 Å². The van der Waals surface area contributed by atoms with Crippen LogP contribution in [0.15, 0.2) is 24.9 Å². The summed E-state index contributed by atoms with van der Waals surface area (Å²) in [6, 6.07) is 4.42. The van der Waals surface area contributed by atoms with Gasteiger partial charge in [-0.3, -0.25) is 9.88 Å². The minimum absolute atomic E-state index is 0.573. The van der Waals surface area contributed by atoms with Crippen LogP contribution in [0, 0.1) is 0 Å². The smallest absolute Gasteiger partial charge is 0.137 e. The van der Waals surface area contributed by atoms with Crippen molar-refractivity contribution in [3.8, 4) is 5.75 Å². The van der Waals surface area contributed by atoms with Gasteiger partial charge in [0.15, 0.2) is 0 Å². The fourth-order valence-electron chi connectivity index (χ4n) is 1.57. The number of ether oxygens (including phenoxy) is 1. The third kappa shape index (κ3) is 2.36. The number of pyridine rings is 1. The van der Waals surface area contributed by atoms with Crippen LogP contribution in [0.4, 0.5) is 0 Å². The lowest BCUT2D eigenvalue weighted by Crippen LogP contribution is -2.48. The van der Waals surface area contributed by atoms with Crippen molar-refractivity contribution >= 4 is 6.08 Å². The molecule has 1 atom stereocenters. The average Bonchev–Trinajstić information content (AvgIpc) is 2.28. The molecule has 0 spiro atoms. The molecule has 0 radical (unpaired) electrons. The van der Waals surface area contributed by atoms with Crippen molar-refractivity contribution in [2.45, 2.75) is 12.5 Å². The second kappa shape index (κ2) is 4.45. The Morgan fingerprint density at radius 3 is 3.00 bits per heavy atom. The van der Waals surface area contributed by atoms with E-state index in [1.165, 1.54) is 13.0 Å². The standard InChI is InChI=1S/C12H16N2O/c1-3-10-4-5-12(8-13-10)15-9-11-6-7-14(11)2/h3-5,8,11H,1,6-7,9H2,2H3/t11-/m0/s1. The van der Waals surface area contributed by atoms with Crippen molar-refractivity contribution in [3.05, 3.63) is 30.6 Å². The van der Waals surface area contributed by atoms with Gasteiger partial charge in [-0.1, -0.05) is 6.58 Å². The van der Waals surface area contributed by atoms with Gasteiger partial charge in [0, 0.05) is 6.04 Å². The maximum Gasteiger partial charge on any atom is 0.137 e. The van der Waals surface area contributed by atoms with E-state index in [4.69, 9.17) is 4.74 Å². The number of likely N-dealkylation sites (N-methyl/N-ethyl adjacent to an activating group) is 1. The second-order valence-electron chi connectivity index (χ2n) is 3.86. The highest BCUT2D eigenvalue weighted by Crippen LogP contribution is 2.16. The van der Waals surface area contributed by atoms with Gasteiger partial charge in [0.2, 0.25) is 0 Å². The summed E-state index contributed by atoms with van der Waals surface area (Å²) in [5.41, 5.74) is 0.878. The third-order valence-corrected chi connectivity index (χ3v) is 2.85. The zero-order chi connectivity index (χ0) is 10.7. The molecule has 0 bridgehead atoms. The highest BCUT2D eigenvalue weighted by atomic mass is 16.5. The Balaban J connectivity index is 1.85. The molecular weight excluding hydrogens is 188 g/mol. The molecule has 0 saturated carbocycles. The molecule has 0 unspecified atom stereocenters. The van der Waals surface area contributed by atoms with Crippen molar-refractivity contribution in [1.29, 1.82) is 0 Å². The summed E-state index contributed by atoms with van der Waals surface area (Å²) in [4.78, 5) is 6.48. The van der Waals surface area contributed by atoms with Crippen molar-refractivity contribution < 1.29 is 4.74 Å². The quantitative estimate of drug-likeness (QED) is 0.748. The van der Waals surface area contributed by atoms with Crippen LogP contribution in [-0.2, 0) is 0 Å². The van der Waals surface area contributed by atoms with Gasteiger partial charge in [-0.05, 0) is 38.2 Å².